The van der Waals surface area contributed by atoms with E-state index in [1.165, 1.54) is 6.20 Å². The van der Waals surface area contributed by atoms with Crippen LogP contribution in [0.25, 0.3) is 0 Å². The van der Waals surface area contributed by atoms with Crippen LogP contribution in [-0.2, 0) is 4.74 Å². The summed E-state index contributed by atoms with van der Waals surface area (Å²) in [6.45, 7) is 2.08. The first-order valence-electron chi connectivity index (χ1n) is 5.53. The fraction of sp³-hybridized carbons (Fsp3) is 0.500. The lowest BCUT2D eigenvalue weighted by molar-refractivity contribution is 0.0519. The van der Waals surface area contributed by atoms with Crippen LogP contribution < -0.4 is 0 Å². The third-order valence-electron chi connectivity index (χ3n) is 2.68. The van der Waals surface area contributed by atoms with E-state index < -0.39 is 12.1 Å². The van der Waals surface area contributed by atoms with Crippen molar-refractivity contribution in [3.05, 3.63) is 29.6 Å². The zero-order valence-corrected chi connectivity index (χ0v) is 9.22. The second-order valence-electron chi connectivity index (χ2n) is 3.98. The number of pyridine rings is 1. The Morgan fingerprint density at radius 2 is 2.44 bits per heavy atom. The van der Waals surface area contributed by atoms with Crippen molar-refractivity contribution in [3.8, 4) is 0 Å². The van der Waals surface area contributed by atoms with Crippen LogP contribution in [-0.4, -0.2) is 22.7 Å². The number of aromatic nitrogens is 1. The van der Waals surface area contributed by atoms with Gasteiger partial charge in [0.1, 0.15) is 5.69 Å². The van der Waals surface area contributed by atoms with Gasteiger partial charge >= 0.3 is 5.97 Å². The molecule has 1 heterocycles. The van der Waals surface area contributed by atoms with Gasteiger partial charge in [0.05, 0.1) is 12.7 Å². The molecule has 0 radical (unpaired) electrons. The van der Waals surface area contributed by atoms with Gasteiger partial charge in [-0.15, -0.1) is 0 Å². The summed E-state index contributed by atoms with van der Waals surface area (Å²) >= 11 is 0. The smallest absolute Gasteiger partial charge is 0.356 e. The Kier molecular flexibility index (Phi) is 3.19. The molecular formula is C12H15NO3. The molecule has 1 aliphatic rings. The van der Waals surface area contributed by atoms with E-state index in [1.54, 1.807) is 19.1 Å². The number of carbonyl (C=O) groups excluding carboxylic acids is 1. The lowest BCUT2D eigenvalue weighted by atomic mass is 10.1. The highest BCUT2D eigenvalue weighted by molar-refractivity contribution is 5.87. The monoisotopic (exact) mass is 221 g/mol. The van der Waals surface area contributed by atoms with Gasteiger partial charge in [-0.05, 0) is 43.4 Å². The first-order valence-corrected chi connectivity index (χ1v) is 5.53. The van der Waals surface area contributed by atoms with Crippen LogP contribution in [0.2, 0.25) is 0 Å². The van der Waals surface area contributed by atoms with Crippen LogP contribution in [0.5, 0.6) is 0 Å². The molecule has 1 atom stereocenters. The molecule has 0 aliphatic heterocycles. The van der Waals surface area contributed by atoms with E-state index >= 15 is 0 Å². The quantitative estimate of drug-likeness (QED) is 0.786. The summed E-state index contributed by atoms with van der Waals surface area (Å²) in [7, 11) is 0. The van der Waals surface area contributed by atoms with Gasteiger partial charge in [-0.3, -0.25) is 0 Å². The zero-order chi connectivity index (χ0) is 11.5. The molecule has 1 aromatic rings. The lowest BCUT2D eigenvalue weighted by Gasteiger charge is -2.10. The predicted octanol–water partition coefficient (Wildman–Crippen LogP) is 1.70. The molecule has 1 fully saturated rings. The van der Waals surface area contributed by atoms with Crippen LogP contribution in [0, 0.1) is 5.92 Å². The van der Waals surface area contributed by atoms with E-state index in [0.717, 1.165) is 18.4 Å². The maximum Gasteiger partial charge on any atom is 0.356 e. The Labute approximate surface area is 94.3 Å². The van der Waals surface area contributed by atoms with Crippen molar-refractivity contribution >= 4 is 5.97 Å². The molecule has 4 heteroatoms. The molecule has 86 valence electrons. The number of aliphatic hydroxyl groups is 1. The molecule has 0 spiro atoms. The van der Waals surface area contributed by atoms with Gasteiger partial charge in [0, 0.05) is 6.20 Å². The molecule has 2 rings (SSSR count). The number of hydrogen-bond donors (Lipinski definition) is 1. The van der Waals surface area contributed by atoms with E-state index in [-0.39, 0.29) is 5.69 Å². The minimum Gasteiger partial charge on any atom is -0.461 e. The molecule has 16 heavy (non-hydrogen) atoms. The van der Waals surface area contributed by atoms with Crippen LogP contribution in [0.4, 0.5) is 0 Å². The third-order valence-corrected chi connectivity index (χ3v) is 2.68. The number of aliphatic hydroxyl groups excluding tert-OH is 1. The molecule has 0 bridgehead atoms. The summed E-state index contributed by atoms with van der Waals surface area (Å²) in [5.74, 6) is -0.0928. The molecule has 0 amide bonds. The van der Waals surface area contributed by atoms with Gasteiger partial charge < -0.3 is 9.84 Å². The van der Waals surface area contributed by atoms with Crippen molar-refractivity contribution in [2.75, 3.05) is 6.61 Å². The Hall–Kier alpha value is -1.42. The zero-order valence-electron chi connectivity index (χ0n) is 9.22. The molecule has 0 saturated heterocycles. The maximum atomic E-state index is 11.4. The summed E-state index contributed by atoms with van der Waals surface area (Å²) in [5, 5.41) is 9.92. The number of rotatable bonds is 4. The number of hydrogen-bond acceptors (Lipinski definition) is 4. The van der Waals surface area contributed by atoms with Crippen molar-refractivity contribution in [1.29, 1.82) is 0 Å². The number of nitrogens with zero attached hydrogens (tertiary/aromatic N) is 1. The minimum absolute atomic E-state index is 0.263. The van der Waals surface area contributed by atoms with Crippen molar-refractivity contribution in [2.24, 2.45) is 5.92 Å². The standard InChI is InChI=1S/C12H15NO3/c1-2-16-12(15)10-7-9(5-6-13-10)11(14)8-3-4-8/h5-8,11,14H,2-4H2,1H3. The topological polar surface area (TPSA) is 59.4 Å². The fourth-order valence-electron chi connectivity index (χ4n) is 1.63. The highest BCUT2D eigenvalue weighted by Gasteiger charge is 2.31. The number of carbonyl (C=O) groups is 1. The Morgan fingerprint density at radius 3 is 3.06 bits per heavy atom. The van der Waals surface area contributed by atoms with Gasteiger partial charge in [0.15, 0.2) is 0 Å². The highest BCUT2D eigenvalue weighted by Crippen LogP contribution is 2.40. The van der Waals surface area contributed by atoms with Crippen molar-refractivity contribution < 1.29 is 14.6 Å². The summed E-state index contributed by atoms with van der Waals surface area (Å²) < 4.78 is 4.86. The molecule has 1 aromatic heterocycles. The average Bonchev–Trinajstić information content (AvgIpc) is 3.12. The summed E-state index contributed by atoms with van der Waals surface area (Å²) in [5.41, 5.74) is 1.01. The highest BCUT2D eigenvalue weighted by atomic mass is 16.5. The molecular weight excluding hydrogens is 206 g/mol. The Balaban J connectivity index is 2.15. The molecule has 1 unspecified atom stereocenters. The lowest BCUT2D eigenvalue weighted by Crippen LogP contribution is -2.09. The average molecular weight is 221 g/mol. The molecule has 4 nitrogen and oxygen atoms in total. The van der Waals surface area contributed by atoms with E-state index in [1.807, 2.05) is 0 Å². The Bertz CT molecular complexity index is 388. The number of ether oxygens (including phenoxy) is 1. The Morgan fingerprint density at radius 1 is 1.69 bits per heavy atom. The number of esters is 1. The third kappa shape index (κ3) is 2.39. The van der Waals surface area contributed by atoms with Gasteiger partial charge in [0.25, 0.3) is 0 Å². The van der Waals surface area contributed by atoms with Crippen molar-refractivity contribution in [2.45, 2.75) is 25.9 Å². The van der Waals surface area contributed by atoms with E-state index in [9.17, 15) is 9.90 Å². The molecule has 1 saturated carbocycles. The summed E-state index contributed by atoms with van der Waals surface area (Å²) in [4.78, 5) is 15.4. The van der Waals surface area contributed by atoms with Crippen LogP contribution in [0.15, 0.2) is 18.3 Å². The van der Waals surface area contributed by atoms with Crippen LogP contribution >= 0.6 is 0 Å². The van der Waals surface area contributed by atoms with Crippen LogP contribution in [0.3, 0.4) is 0 Å². The second kappa shape index (κ2) is 4.61. The van der Waals surface area contributed by atoms with E-state index in [0.29, 0.717) is 12.5 Å². The predicted molar refractivity (Wildman–Crippen MR) is 57.9 cm³/mol. The SMILES string of the molecule is CCOC(=O)c1cc(C(O)C2CC2)ccn1. The second-order valence-corrected chi connectivity index (χ2v) is 3.98. The van der Waals surface area contributed by atoms with Crippen molar-refractivity contribution in [1.82, 2.24) is 4.98 Å². The van der Waals surface area contributed by atoms with Gasteiger partial charge in [-0.2, -0.15) is 0 Å². The summed E-state index contributed by atoms with van der Waals surface area (Å²) in [6, 6.07) is 3.35. The maximum absolute atomic E-state index is 11.4. The van der Waals surface area contributed by atoms with Crippen LogP contribution in [0.1, 0.15) is 41.9 Å². The largest absolute Gasteiger partial charge is 0.461 e. The summed E-state index contributed by atoms with van der Waals surface area (Å²) in [6.07, 6.45) is 3.17. The van der Waals surface area contributed by atoms with Gasteiger partial charge in [0.2, 0.25) is 0 Å². The first kappa shape index (κ1) is 11.1. The van der Waals surface area contributed by atoms with Gasteiger partial charge in [-0.1, -0.05) is 0 Å². The first-order chi connectivity index (χ1) is 7.72. The minimum atomic E-state index is -0.476. The normalized spacial score (nSPS) is 16.9. The molecule has 0 aromatic carbocycles. The molecule has 1 N–H and O–H groups in total. The fourth-order valence-corrected chi connectivity index (χ4v) is 1.63. The van der Waals surface area contributed by atoms with E-state index in [2.05, 4.69) is 4.98 Å². The van der Waals surface area contributed by atoms with E-state index in [4.69, 9.17) is 4.74 Å². The van der Waals surface area contributed by atoms with Crippen molar-refractivity contribution in [3.63, 3.8) is 0 Å². The van der Waals surface area contributed by atoms with Gasteiger partial charge in [-0.25, -0.2) is 9.78 Å². The molecule has 1 aliphatic carbocycles.